The summed E-state index contributed by atoms with van der Waals surface area (Å²) >= 11 is 0. The molecule has 0 spiro atoms. The lowest BCUT2D eigenvalue weighted by atomic mass is 10.1. The fraction of sp³-hybridized carbons (Fsp3) is 0.316. The minimum atomic E-state index is -0.159. The van der Waals surface area contributed by atoms with Crippen LogP contribution in [0.1, 0.15) is 11.1 Å². The number of amides is 1. The minimum absolute atomic E-state index is 0.0402. The van der Waals surface area contributed by atoms with Crippen molar-refractivity contribution in [2.75, 3.05) is 27.8 Å². The summed E-state index contributed by atoms with van der Waals surface area (Å²) in [5, 5.41) is 2.91. The van der Waals surface area contributed by atoms with Gasteiger partial charge in [-0.25, -0.2) is 0 Å². The summed E-state index contributed by atoms with van der Waals surface area (Å²) in [4.78, 5) is 13.4. The molecule has 0 bridgehead atoms. The van der Waals surface area contributed by atoms with E-state index in [2.05, 4.69) is 25.5 Å². The molecular weight excluding hydrogens is 304 g/mol. The smallest absolute Gasteiger partial charge is 0.258 e. The van der Waals surface area contributed by atoms with Gasteiger partial charge in [-0.3, -0.25) is 4.79 Å². The maximum Gasteiger partial charge on any atom is 0.258 e. The predicted octanol–water partition coefficient (Wildman–Crippen LogP) is 1.03. The Kier molecular flexibility index (Phi) is 6.63. The molecule has 0 atom stereocenters. The van der Waals surface area contributed by atoms with Crippen molar-refractivity contribution >= 4 is 5.91 Å². The van der Waals surface area contributed by atoms with E-state index in [0.29, 0.717) is 18.0 Å². The molecule has 0 unspecified atom stereocenters. The summed E-state index contributed by atoms with van der Waals surface area (Å²) in [7, 11) is 5.79. The van der Waals surface area contributed by atoms with Gasteiger partial charge in [0.1, 0.15) is 6.54 Å². The Balaban J connectivity index is 1.87. The number of benzene rings is 2. The number of methoxy groups -OCH3 is 1. The molecule has 128 valence electrons. The molecule has 2 aromatic rings. The van der Waals surface area contributed by atoms with E-state index in [1.807, 2.05) is 30.3 Å². The van der Waals surface area contributed by atoms with Crippen molar-refractivity contribution in [3.05, 3.63) is 59.7 Å². The average molecular weight is 329 g/mol. The van der Waals surface area contributed by atoms with Gasteiger partial charge < -0.3 is 19.7 Å². The van der Waals surface area contributed by atoms with E-state index in [1.54, 1.807) is 19.2 Å². The summed E-state index contributed by atoms with van der Waals surface area (Å²) < 4.78 is 10.7. The van der Waals surface area contributed by atoms with Crippen molar-refractivity contribution in [1.82, 2.24) is 5.32 Å². The van der Waals surface area contributed by atoms with Crippen LogP contribution in [0, 0.1) is 0 Å². The van der Waals surface area contributed by atoms with Crippen molar-refractivity contribution in [2.45, 2.75) is 13.1 Å². The highest BCUT2D eigenvalue weighted by atomic mass is 16.5. The molecule has 0 aliphatic carbocycles. The highest BCUT2D eigenvalue weighted by Crippen LogP contribution is 2.25. The lowest BCUT2D eigenvalue weighted by molar-refractivity contribution is -0.872. The Morgan fingerprint density at radius 2 is 1.62 bits per heavy atom. The summed E-state index contributed by atoms with van der Waals surface area (Å²) in [6.07, 6.45) is 0. The molecule has 2 N–H and O–H groups in total. The number of quaternary nitrogens is 1. The van der Waals surface area contributed by atoms with E-state index in [1.165, 1.54) is 10.5 Å². The first-order valence-corrected chi connectivity index (χ1v) is 7.98. The largest absolute Gasteiger partial charge is 0.493 e. The highest BCUT2D eigenvalue weighted by molar-refractivity contribution is 5.77. The summed E-state index contributed by atoms with van der Waals surface area (Å²) in [6, 6.07) is 15.4. The molecular formula is C19H25N2O3+. The van der Waals surface area contributed by atoms with Crippen LogP contribution in [-0.2, 0) is 17.9 Å². The third-order valence-corrected chi connectivity index (χ3v) is 3.57. The third-order valence-electron chi connectivity index (χ3n) is 3.57. The molecule has 0 aromatic heterocycles. The summed E-state index contributed by atoms with van der Waals surface area (Å²) in [5.74, 6) is 1.02. The highest BCUT2D eigenvalue weighted by Gasteiger charge is 2.09. The number of rotatable bonds is 8. The van der Waals surface area contributed by atoms with Crippen molar-refractivity contribution in [3.63, 3.8) is 0 Å². The van der Waals surface area contributed by atoms with Gasteiger partial charge in [0.2, 0.25) is 0 Å². The number of para-hydroxylation sites is 2. The Bertz CT molecular complexity index is 671. The van der Waals surface area contributed by atoms with Gasteiger partial charge in [0.05, 0.1) is 21.2 Å². The molecule has 0 aliphatic heterocycles. The monoisotopic (exact) mass is 329 g/mol. The normalized spacial score (nSPS) is 10.5. The third kappa shape index (κ3) is 5.28. The van der Waals surface area contributed by atoms with Crippen LogP contribution < -0.4 is 19.7 Å². The number of nitrogens with one attached hydrogen (secondary N) is 2. The Hall–Kier alpha value is -2.53. The van der Waals surface area contributed by atoms with Crippen LogP contribution in [0.25, 0.3) is 0 Å². The number of ether oxygens (including phenoxy) is 2. The predicted molar refractivity (Wildman–Crippen MR) is 93.3 cm³/mol. The van der Waals surface area contributed by atoms with Gasteiger partial charge in [-0.2, -0.15) is 0 Å². The van der Waals surface area contributed by atoms with Crippen LogP contribution in [0.3, 0.4) is 0 Å². The molecule has 5 nitrogen and oxygen atoms in total. The maximum absolute atomic E-state index is 12.0. The number of carbonyl (C=O) groups is 1. The van der Waals surface area contributed by atoms with Crippen molar-refractivity contribution < 1.29 is 19.2 Å². The van der Waals surface area contributed by atoms with Crippen molar-refractivity contribution in [1.29, 1.82) is 0 Å². The molecule has 0 radical (unpaired) electrons. The van der Waals surface area contributed by atoms with Crippen LogP contribution in [-0.4, -0.2) is 33.7 Å². The standard InChI is InChI=1S/C19H24N2O3/c1-21(2)13-16-9-5-4-8-15(16)12-20-19(22)14-24-18-11-7-6-10-17(18)23-3/h4-11H,12-14H2,1-3H3,(H,20,22)/p+1. The van der Waals surface area contributed by atoms with Gasteiger partial charge in [-0.05, 0) is 17.7 Å². The van der Waals surface area contributed by atoms with Crippen molar-refractivity contribution in [2.24, 2.45) is 0 Å². The van der Waals surface area contributed by atoms with E-state index >= 15 is 0 Å². The van der Waals surface area contributed by atoms with Gasteiger partial charge in [0, 0.05) is 12.1 Å². The van der Waals surface area contributed by atoms with E-state index in [0.717, 1.165) is 12.1 Å². The Morgan fingerprint density at radius 1 is 1.00 bits per heavy atom. The first-order chi connectivity index (χ1) is 11.6. The van der Waals surface area contributed by atoms with Crippen molar-refractivity contribution in [3.8, 4) is 11.5 Å². The molecule has 2 aromatic carbocycles. The SMILES string of the molecule is COc1ccccc1OCC(=O)NCc1ccccc1C[NH+](C)C. The molecule has 0 saturated heterocycles. The lowest BCUT2D eigenvalue weighted by Crippen LogP contribution is -3.04. The molecule has 0 fully saturated rings. The molecule has 0 aliphatic rings. The second-order valence-electron chi connectivity index (χ2n) is 5.87. The van der Waals surface area contributed by atoms with Gasteiger partial charge >= 0.3 is 0 Å². The average Bonchev–Trinajstić information content (AvgIpc) is 2.59. The first kappa shape index (κ1) is 17.8. The molecule has 0 saturated carbocycles. The van der Waals surface area contributed by atoms with E-state index in [-0.39, 0.29) is 12.5 Å². The van der Waals surface area contributed by atoms with E-state index < -0.39 is 0 Å². The summed E-state index contributed by atoms with van der Waals surface area (Å²) in [6.45, 7) is 1.38. The fourth-order valence-electron chi connectivity index (χ4n) is 2.41. The van der Waals surface area contributed by atoms with Gasteiger partial charge in [-0.1, -0.05) is 36.4 Å². The number of carbonyl (C=O) groups excluding carboxylic acids is 1. The van der Waals surface area contributed by atoms with E-state index in [4.69, 9.17) is 9.47 Å². The Labute approximate surface area is 143 Å². The molecule has 2 rings (SSSR count). The van der Waals surface area contributed by atoms with Crippen LogP contribution >= 0.6 is 0 Å². The van der Waals surface area contributed by atoms with E-state index in [9.17, 15) is 4.79 Å². The molecule has 1 amide bonds. The topological polar surface area (TPSA) is 52.0 Å². The van der Waals surface area contributed by atoms with Crippen LogP contribution in [0.5, 0.6) is 11.5 Å². The minimum Gasteiger partial charge on any atom is -0.493 e. The molecule has 5 heteroatoms. The number of hydrogen-bond donors (Lipinski definition) is 2. The Morgan fingerprint density at radius 3 is 2.29 bits per heavy atom. The lowest BCUT2D eigenvalue weighted by Gasteiger charge is -2.13. The maximum atomic E-state index is 12.0. The summed E-state index contributed by atoms with van der Waals surface area (Å²) in [5.41, 5.74) is 2.37. The second-order valence-corrected chi connectivity index (χ2v) is 5.87. The zero-order valence-electron chi connectivity index (χ0n) is 14.5. The number of hydrogen-bond acceptors (Lipinski definition) is 3. The van der Waals surface area contributed by atoms with Gasteiger partial charge in [0.15, 0.2) is 18.1 Å². The van der Waals surface area contributed by atoms with Crippen LogP contribution in [0.15, 0.2) is 48.5 Å². The first-order valence-electron chi connectivity index (χ1n) is 7.98. The van der Waals surface area contributed by atoms with Crippen LogP contribution in [0.4, 0.5) is 0 Å². The zero-order chi connectivity index (χ0) is 17.4. The quantitative estimate of drug-likeness (QED) is 0.761. The van der Waals surface area contributed by atoms with Crippen LogP contribution in [0.2, 0.25) is 0 Å². The molecule has 0 heterocycles. The zero-order valence-corrected chi connectivity index (χ0v) is 14.5. The van der Waals surface area contributed by atoms with Gasteiger partial charge in [-0.15, -0.1) is 0 Å². The fourth-order valence-corrected chi connectivity index (χ4v) is 2.41. The second kappa shape index (κ2) is 8.93. The molecule has 24 heavy (non-hydrogen) atoms. The van der Waals surface area contributed by atoms with Gasteiger partial charge in [0.25, 0.3) is 5.91 Å².